The Bertz CT molecular complexity index is 1570. The molecule has 4 N–H and O–H groups in total. The predicted molar refractivity (Wildman–Crippen MR) is 146 cm³/mol. The fourth-order valence-electron chi connectivity index (χ4n) is 4.58. The summed E-state index contributed by atoms with van der Waals surface area (Å²) in [4.78, 5) is 17.3. The number of carbonyl (C=O) groups is 1. The number of methoxy groups -OCH3 is 1. The summed E-state index contributed by atoms with van der Waals surface area (Å²) in [5.41, 5.74) is -6.91. The highest BCUT2D eigenvalue weighted by Gasteiger charge is 2.48. The van der Waals surface area contributed by atoms with Gasteiger partial charge in [0.1, 0.15) is 40.1 Å². The first kappa shape index (κ1) is 32.1. The second-order valence-corrected chi connectivity index (χ2v) is 11.0. The minimum absolute atomic E-state index is 0.0816. The SMILES string of the molecule is COC1=CC(C(=O)NC[C@](O)(c2cc(C(C)(C)F)c(F)c(-c3cc(Cl)c(F)cc3F)n2)C2CC2)=C/C(=C/NC(F)F)C1=N. The van der Waals surface area contributed by atoms with E-state index in [0.29, 0.717) is 18.9 Å². The minimum Gasteiger partial charge on any atom is -0.494 e. The summed E-state index contributed by atoms with van der Waals surface area (Å²) in [6, 6.07) is 2.22. The molecule has 1 aromatic carbocycles. The van der Waals surface area contributed by atoms with Crippen molar-refractivity contribution in [1.29, 1.82) is 5.41 Å². The van der Waals surface area contributed by atoms with E-state index in [1.54, 1.807) is 5.32 Å². The average molecular weight is 629 g/mol. The highest BCUT2D eigenvalue weighted by molar-refractivity contribution is 6.31. The predicted octanol–water partition coefficient (Wildman–Crippen LogP) is 5.92. The topological polar surface area (TPSA) is 107 Å². The minimum atomic E-state index is -2.93. The monoisotopic (exact) mass is 628 g/mol. The molecule has 2 aliphatic carbocycles. The fourth-order valence-corrected chi connectivity index (χ4v) is 4.75. The smallest absolute Gasteiger partial charge is 0.312 e. The van der Waals surface area contributed by atoms with Gasteiger partial charge in [0.2, 0.25) is 0 Å². The number of amides is 1. The van der Waals surface area contributed by atoms with Crippen LogP contribution >= 0.6 is 11.6 Å². The molecule has 0 bridgehead atoms. The lowest BCUT2D eigenvalue weighted by molar-refractivity contribution is -0.118. The Morgan fingerprint density at radius 3 is 2.47 bits per heavy atom. The van der Waals surface area contributed by atoms with Gasteiger partial charge in [-0.2, -0.15) is 8.78 Å². The zero-order chi connectivity index (χ0) is 31.9. The normalized spacial score (nSPS) is 17.9. The van der Waals surface area contributed by atoms with Crippen molar-refractivity contribution in [2.45, 2.75) is 44.5 Å². The van der Waals surface area contributed by atoms with Crippen LogP contribution < -0.4 is 10.6 Å². The third-order valence-corrected chi connectivity index (χ3v) is 7.35. The van der Waals surface area contributed by atoms with Crippen LogP contribution in [-0.4, -0.2) is 41.9 Å². The molecule has 2 aliphatic rings. The molecule has 7 nitrogen and oxygen atoms in total. The third kappa shape index (κ3) is 6.72. The summed E-state index contributed by atoms with van der Waals surface area (Å²) < 4.78 is 89.9. The van der Waals surface area contributed by atoms with Crippen LogP contribution in [0.2, 0.25) is 5.02 Å². The Kier molecular flexibility index (Phi) is 8.98. The van der Waals surface area contributed by atoms with E-state index < -0.39 is 75.5 Å². The quantitative estimate of drug-likeness (QED) is 0.148. The molecule has 0 radical (unpaired) electrons. The van der Waals surface area contributed by atoms with Crippen LogP contribution in [0.3, 0.4) is 0 Å². The molecule has 4 rings (SSSR count). The van der Waals surface area contributed by atoms with Crippen molar-refractivity contribution in [3.63, 3.8) is 0 Å². The van der Waals surface area contributed by atoms with Gasteiger partial charge in [-0.3, -0.25) is 10.2 Å². The second-order valence-electron chi connectivity index (χ2n) is 10.6. The molecule has 1 atom stereocenters. The number of allylic oxidation sites excluding steroid dienone is 2. The molecule has 0 aliphatic heterocycles. The van der Waals surface area contributed by atoms with Crippen molar-refractivity contribution >= 4 is 23.2 Å². The molecular formula is C29H27ClF6N4O3. The van der Waals surface area contributed by atoms with Crippen molar-refractivity contribution in [2.24, 2.45) is 5.92 Å². The average Bonchev–Trinajstić information content (AvgIpc) is 3.79. The molecule has 1 fully saturated rings. The second kappa shape index (κ2) is 12.0. The number of rotatable bonds is 10. The first-order valence-electron chi connectivity index (χ1n) is 12.9. The first-order valence-corrected chi connectivity index (χ1v) is 13.3. The third-order valence-electron chi connectivity index (χ3n) is 7.06. The van der Waals surface area contributed by atoms with Crippen molar-refractivity contribution in [3.8, 4) is 11.3 Å². The van der Waals surface area contributed by atoms with Crippen molar-refractivity contribution < 1.29 is 41.0 Å². The number of alkyl halides is 3. The van der Waals surface area contributed by atoms with Gasteiger partial charge in [-0.15, -0.1) is 0 Å². The van der Waals surface area contributed by atoms with Gasteiger partial charge in [0.15, 0.2) is 5.82 Å². The van der Waals surface area contributed by atoms with E-state index in [2.05, 4.69) is 10.3 Å². The summed E-state index contributed by atoms with van der Waals surface area (Å²) in [5.74, 6) is -4.98. The van der Waals surface area contributed by atoms with Crippen LogP contribution in [0.25, 0.3) is 11.3 Å². The lowest BCUT2D eigenvalue weighted by Gasteiger charge is -2.30. The van der Waals surface area contributed by atoms with E-state index >= 15 is 8.78 Å². The van der Waals surface area contributed by atoms with Crippen LogP contribution in [0.15, 0.2) is 53.5 Å². The number of nitrogens with zero attached hydrogens (tertiary/aromatic N) is 1. The molecule has 0 saturated heterocycles. The van der Waals surface area contributed by atoms with Gasteiger partial charge in [0, 0.05) is 34.5 Å². The molecule has 230 valence electrons. The van der Waals surface area contributed by atoms with E-state index in [0.717, 1.165) is 38.3 Å². The summed E-state index contributed by atoms with van der Waals surface area (Å²) >= 11 is 5.80. The Morgan fingerprint density at radius 2 is 1.88 bits per heavy atom. The number of ether oxygens (including phenoxy) is 1. The molecule has 43 heavy (non-hydrogen) atoms. The molecule has 0 spiro atoms. The number of carbonyl (C=O) groups excluding carboxylic acids is 1. The van der Waals surface area contributed by atoms with E-state index in [-0.39, 0.29) is 28.3 Å². The van der Waals surface area contributed by atoms with Gasteiger partial charge in [-0.25, -0.2) is 22.5 Å². The van der Waals surface area contributed by atoms with Gasteiger partial charge < -0.3 is 20.5 Å². The molecular weight excluding hydrogens is 602 g/mol. The number of aromatic nitrogens is 1. The Labute approximate surface area is 247 Å². The number of hydrogen-bond acceptors (Lipinski definition) is 6. The fraction of sp³-hybridized carbons (Fsp3) is 0.345. The molecule has 14 heteroatoms. The summed E-state index contributed by atoms with van der Waals surface area (Å²) in [6.45, 7) is -1.35. The zero-order valence-corrected chi connectivity index (χ0v) is 23.9. The molecule has 1 amide bonds. The number of benzene rings is 1. The zero-order valence-electron chi connectivity index (χ0n) is 23.1. The number of hydrogen-bond donors (Lipinski definition) is 4. The molecule has 1 saturated carbocycles. The van der Waals surface area contributed by atoms with Crippen molar-refractivity contribution in [1.82, 2.24) is 15.6 Å². The highest BCUT2D eigenvalue weighted by atomic mass is 35.5. The lowest BCUT2D eigenvalue weighted by Crippen LogP contribution is -2.44. The molecule has 0 unspecified atom stereocenters. The van der Waals surface area contributed by atoms with E-state index in [1.165, 1.54) is 13.2 Å². The first-order chi connectivity index (χ1) is 20.1. The summed E-state index contributed by atoms with van der Waals surface area (Å²) in [6.07, 6.45) is 4.13. The maximum absolute atomic E-state index is 15.6. The lowest BCUT2D eigenvalue weighted by atomic mass is 9.88. The van der Waals surface area contributed by atoms with Crippen LogP contribution in [-0.2, 0) is 20.8 Å². The Balaban J connectivity index is 1.74. The standard InChI is InChI=1S/C29H27ClF6N4O3/c1-28(2,36)17-9-22(40-25(23(17)33)16-8-18(30)20(32)10-19(16)31)29(42,15-4-5-15)12-39-26(41)13-6-14(11-38-27(34)35)24(37)21(7-13)43-3/h6-11,15,27,37-38,42H,4-5,12H2,1-3H3,(H,39,41)/b14-11-,37-24?/t29-/m1/s1. The molecule has 1 aromatic heterocycles. The maximum atomic E-state index is 15.6. The highest BCUT2D eigenvalue weighted by Crippen LogP contribution is 2.47. The van der Waals surface area contributed by atoms with Gasteiger partial charge in [0.05, 0.1) is 24.4 Å². The number of aliphatic hydroxyl groups is 1. The van der Waals surface area contributed by atoms with E-state index in [4.69, 9.17) is 21.7 Å². The van der Waals surface area contributed by atoms with E-state index in [9.17, 15) is 27.5 Å². The summed E-state index contributed by atoms with van der Waals surface area (Å²) in [7, 11) is 1.23. The number of nitrogens with one attached hydrogen (secondary N) is 3. The van der Waals surface area contributed by atoms with Gasteiger partial charge in [-0.05, 0) is 56.9 Å². The van der Waals surface area contributed by atoms with Crippen molar-refractivity contribution in [2.75, 3.05) is 13.7 Å². The van der Waals surface area contributed by atoms with Crippen LogP contribution in [0, 0.1) is 28.8 Å². The van der Waals surface area contributed by atoms with Crippen LogP contribution in [0.5, 0.6) is 0 Å². The van der Waals surface area contributed by atoms with Crippen molar-refractivity contribution in [3.05, 3.63) is 87.2 Å². The number of halogens is 7. The summed E-state index contributed by atoms with van der Waals surface area (Å²) in [5, 5.41) is 23.6. The van der Waals surface area contributed by atoms with Gasteiger partial charge >= 0.3 is 6.55 Å². The van der Waals surface area contributed by atoms with Crippen LogP contribution in [0.1, 0.15) is 37.9 Å². The maximum Gasteiger partial charge on any atom is 0.312 e. The Hall–Kier alpha value is -3.84. The Morgan fingerprint density at radius 1 is 1.21 bits per heavy atom. The van der Waals surface area contributed by atoms with Crippen LogP contribution in [0.4, 0.5) is 26.3 Å². The molecule has 1 heterocycles. The van der Waals surface area contributed by atoms with Gasteiger partial charge in [-0.1, -0.05) is 11.6 Å². The van der Waals surface area contributed by atoms with Gasteiger partial charge in [0.25, 0.3) is 5.91 Å². The largest absolute Gasteiger partial charge is 0.494 e. The van der Waals surface area contributed by atoms with E-state index in [1.807, 2.05) is 0 Å². The number of pyridine rings is 1. The molecule has 2 aromatic rings.